The van der Waals surface area contributed by atoms with Crippen LogP contribution in [0.15, 0.2) is 0 Å². The minimum absolute atomic E-state index is 0.319. The van der Waals surface area contributed by atoms with Crippen LogP contribution in [0.5, 0.6) is 0 Å². The molecule has 0 aliphatic heterocycles. The summed E-state index contributed by atoms with van der Waals surface area (Å²) in [6.45, 7) is 7.12. The zero-order valence-corrected chi connectivity index (χ0v) is 8.84. The molecule has 0 fully saturated rings. The van der Waals surface area contributed by atoms with Crippen molar-refractivity contribution >= 4 is 0 Å². The molecule has 13 heavy (non-hydrogen) atoms. The van der Waals surface area contributed by atoms with Gasteiger partial charge in [0.25, 0.3) is 0 Å². The molecule has 0 saturated heterocycles. The number of nitrogens with one attached hydrogen (secondary N) is 1. The van der Waals surface area contributed by atoms with Gasteiger partial charge in [-0.3, -0.25) is 5.32 Å². The van der Waals surface area contributed by atoms with E-state index in [2.05, 4.69) is 5.32 Å². The summed E-state index contributed by atoms with van der Waals surface area (Å²) in [4.78, 5) is 0. The molecule has 0 aliphatic carbocycles. The summed E-state index contributed by atoms with van der Waals surface area (Å²) in [5, 5.41) is 12.2. The van der Waals surface area contributed by atoms with Gasteiger partial charge in [0.15, 0.2) is 0 Å². The van der Waals surface area contributed by atoms with Crippen LogP contribution in [-0.4, -0.2) is 30.2 Å². The van der Waals surface area contributed by atoms with Gasteiger partial charge in [-0.15, -0.1) is 0 Å². The van der Waals surface area contributed by atoms with E-state index in [0.717, 1.165) is 19.4 Å². The summed E-state index contributed by atoms with van der Waals surface area (Å²) in [7, 11) is 0. The van der Waals surface area contributed by atoms with Crippen molar-refractivity contribution in [2.45, 2.75) is 45.6 Å². The lowest BCUT2D eigenvalue weighted by atomic mass is 10.2. The van der Waals surface area contributed by atoms with E-state index in [0.29, 0.717) is 6.54 Å². The Morgan fingerprint density at radius 3 is 2.46 bits per heavy atom. The molecular weight excluding hydrogens is 168 g/mol. The molecule has 0 amide bonds. The zero-order valence-electron chi connectivity index (χ0n) is 8.84. The quantitative estimate of drug-likeness (QED) is 0.419. The molecule has 0 aromatic carbocycles. The Balaban J connectivity index is 3.35. The number of unbranched alkanes of at least 4 members (excludes halogenated alkanes) is 1. The third kappa shape index (κ3) is 9.76. The molecule has 0 unspecified atom stereocenters. The van der Waals surface area contributed by atoms with E-state index in [-0.39, 0.29) is 5.60 Å². The van der Waals surface area contributed by atoms with Crippen LogP contribution in [-0.2, 0) is 4.74 Å². The molecule has 4 nitrogen and oxygen atoms in total. The van der Waals surface area contributed by atoms with E-state index in [9.17, 15) is 5.11 Å². The van der Waals surface area contributed by atoms with Crippen molar-refractivity contribution < 1.29 is 9.84 Å². The van der Waals surface area contributed by atoms with Crippen molar-refractivity contribution in [3.8, 4) is 0 Å². The van der Waals surface area contributed by atoms with Crippen LogP contribution in [0.2, 0.25) is 0 Å². The van der Waals surface area contributed by atoms with Crippen molar-refractivity contribution in [2.75, 3.05) is 13.1 Å². The standard InChI is InChI=1S/C9H22N2O2/c1-9(2,3)13-8(12)11-7-5-4-6-10/h8,11-12H,4-7,10H2,1-3H3/t8-/m1/s1. The molecule has 4 heteroatoms. The number of aliphatic hydroxyl groups is 1. The van der Waals surface area contributed by atoms with Crippen molar-refractivity contribution in [1.29, 1.82) is 0 Å². The molecule has 1 atom stereocenters. The first kappa shape index (κ1) is 12.8. The molecule has 0 rings (SSSR count). The second kappa shape index (κ2) is 6.32. The van der Waals surface area contributed by atoms with Crippen LogP contribution in [0.1, 0.15) is 33.6 Å². The molecule has 4 N–H and O–H groups in total. The summed E-state index contributed by atoms with van der Waals surface area (Å²) in [5.41, 5.74) is 5.01. The Labute approximate surface area is 80.5 Å². The molecular formula is C9H22N2O2. The maximum atomic E-state index is 9.32. The first-order valence-electron chi connectivity index (χ1n) is 4.75. The second-order valence-electron chi connectivity index (χ2n) is 4.03. The number of nitrogens with two attached hydrogens (primary N) is 1. The van der Waals surface area contributed by atoms with Crippen molar-refractivity contribution in [1.82, 2.24) is 5.32 Å². The van der Waals surface area contributed by atoms with Gasteiger partial charge in [0, 0.05) is 0 Å². The first-order valence-corrected chi connectivity index (χ1v) is 4.75. The van der Waals surface area contributed by atoms with Gasteiger partial charge < -0.3 is 15.6 Å². The van der Waals surface area contributed by atoms with E-state index >= 15 is 0 Å². The van der Waals surface area contributed by atoms with Crippen molar-refractivity contribution in [3.63, 3.8) is 0 Å². The lowest BCUT2D eigenvalue weighted by molar-refractivity contribution is -0.181. The summed E-state index contributed by atoms with van der Waals surface area (Å²) >= 11 is 0. The number of hydrogen-bond donors (Lipinski definition) is 3. The van der Waals surface area contributed by atoms with E-state index in [1.807, 2.05) is 20.8 Å². The lowest BCUT2D eigenvalue weighted by Crippen LogP contribution is -2.38. The smallest absolute Gasteiger partial charge is 0.214 e. The molecule has 0 spiro atoms. The molecule has 0 saturated carbocycles. The van der Waals surface area contributed by atoms with Crippen LogP contribution < -0.4 is 11.1 Å². The second-order valence-corrected chi connectivity index (χ2v) is 4.03. The van der Waals surface area contributed by atoms with Gasteiger partial charge in [-0.05, 0) is 46.7 Å². The summed E-state index contributed by atoms with van der Waals surface area (Å²) in [6.07, 6.45) is 1.05. The number of rotatable bonds is 6. The van der Waals surface area contributed by atoms with Crippen LogP contribution >= 0.6 is 0 Å². The predicted molar refractivity (Wildman–Crippen MR) is 53.1 cm³/mol. The Bertz CT molecular complexity index is 123. The van der Waals surface area contributed by atoms with Crippen LogP contribution in [0, 0.1) is 0 Å². The highest BCUT2D eigenvalue weighted by atomic mass is 16.6. The third-order valence-corrected chi connectivity index (χ3v) is 1.42. The van der Waals surface area contributed by atoms with Crippen molar-refractivity contribution in [3.05, 3.63) is 0 Å². The van der Waals surface area contributed by atoms with Gasteiger partial charge in [-0.25, -0.2) is 0 Å². The average Bonchev–Trinajstić information content (AvgIpc) is 1.94. The van der Waals surface area contributed by atoms with Gasteiger partial charge in [0.2, 0.25) is 6.41 Å². The Kier molecular flexibility index (Phi) is 6.24. The van der Waals surface area contributed by atoms with E-state index in [4.69, 9.17) is 10.5 Å². The van der Waals surface area contributed by atoms with Crippen molar-refractivity contribution in [2.24, 2.45) is 5.73 Å². The van der Waals surface area contributed by atoms with Gasteiger partial charge in [0.1, 0.15) is 0 Å². The lowest BCUT2D eigenvalue weighted by Gasteiger charge is -2.24. The minimum atomic E-state index is -0.877. The zero-order chi connectivity index (χ0) is 10.3. The maximum absolute atomic E-state index is 9.32. The van der Waals surface area contributed by atoms with Crippen LogP contribution in [0.25, 0.3) is 0 Å². The molecule has 0 aliphatic rings. The number of aliphatic hydroxyl groups excluding tert-OH is 1. The first-order chi connectivity index (χ1) is 5.95. The van der Waals surface area contributed by atoms with Gasteiger partial charge in [-0.2, -0.15) is 0 Å². The fourth-order valence-electron chi connectivity index (χ4n) is 0.871. The molecule has 0 aromatic heterocycles. The monoisotopic (exact) mass is 190 g/mol. The third-order valence-electron chi connectivity index (χ3n) is 1.42. The molecule has 0 bridgehead atoms. The predicted octanol–water partition coefficient (Wildman–Crippen LogP) is 0.406. The topological polar surface area (TPSA) is 67.5 Å². The van der Waals surface area contributed by atoms with E-state index in [1.54, 1.807) is 0 Å². The number of hydrogen-bond acceptors (Lipinski definition) is 4. The Hall–Kier alpha value is -0.160. The van der Waals surface area contributed by atoms with Gasteiger partial charge >= 0.3 is 0 Å². The summed E-state index contributed by atoms with van der Waals surface area (Å²) < 4.78 is 5.23. The Morgan fingerprint density at radius 2 is 2.00 bits per heavy atom. The van der Waals surface area contributed by atoms with E-state index in [1.165, 1.54) is 0 Å². The van der Waals surface area contributed by atoms with Gasteiger partial charge in [-0.1, -0.05) is 0 Å². The summed E-state index contributed by atoms with van der Waals surface area (Å²) in [6, 6.07) is 0. The molecule has 0 heterocycles. The fraction of sp³-hybridized carbons (Fsp3) is 1.00. The maximum Gasteiger partial charge on any atom is 0.214 e. The van der Waals surface area contributed by atoms with Gasteiger partial charge in [0.05, 0.1) is 5.60 Å². The Morgan fingerprint density at radius 1 is 1.38 bits per heavy atom. The highest BCUT2D eigenvalue weighted by molar-refractivity contribution is 4.59. The van der Waals surface area contributed by atoms with Crippen LogP contribution in [0.3, 0.4) is 0 Å². The number of ether oxygens (including phenoxy) is 1. The highest BCUT2D eigenvalue weighted by Gasteiger charge is 2.15. The van der Waals surface area contributed by atoms with Crippen LogP contribution in [0.4, 0.5) is 0 Å². The highest BCUT2D eigenvalue weighted by Crippen LogP contribution is 2.07. The average molecular weight is 190 g/mol. The molecule has 80 valence electrons. The van der Waals surface area contributed by atoms with E-state index < -0.39 is 6.41 Å². The molecule has 0 radical (unpaired) electrons. The largest absolute Gasteiger partial charge is 0.356 e. The summed E-state index contributed by atoms with van der Waals surface area (Å²) in [5.74, 6) is 0. The normalized spacial score (nSPS) is 14.5. The molecule has 0 aromatic rings. The minimum Gasteiger partial charge on any atom is -0.356 e. The SMILES string of the molecule is CC(C)(C)O[C@@H](O)NCCCCN. The fourth-order valence-corrected chi connectivity index (χ4v) is 0.871.